The van der Waals surface area contributed by atoms with Crippen LogP contribution in [0, 0.1) is 5.92 Å². The largest absolute Gasteiger partial charge is 0.338 e. The number of benzene rings is 1. The molecule has 1 heterocycles. The molecule has 126 valence electrons. The zero-order chi connectivity index (χ0) is 16.6. The Labute approximate surface area is 141 Å². The van der Waals surface area contributed by atoms with Gasteiger partial charge in [0.25, 0.3) is 0 Å². The lowest BCUT2D eigenvalue weighted by molar-refractivity contribution is 0.235. The topological polar surface area (TPSA) is 71.8 Å². The molecule has 3 atom stereocenters. The fraction of sp³-hybridized carbons (Fsp3) is 0.500. The standard InChI is InChI=1S/C18H23N5O/c1-13(10-23-12-19-11-21-23)22-17(24)20-9-15-8-18(15)7-6-14-4-2-3-5-16(14)18/h2-5,11-13,15H,6-10H2,1H3,(H2,20,22,24). The van der Waals surface area contributed by atoms with Crippen molar-refractivity contribution in [2.24, 2.45) is 5.92 Å². The summed E-state index contributed by atoms with van der Waals surface area (Å²) in [6, 6.07) is 8.67. The Morgan fingerprint density at radius 2 is 2.33 bits per heavy atom. The summed E-state index contributed by atoms with van der Waals surface area (Å²) in [5.41, 5.74) is 3.33. The predicted molar refractivity (Wildman–Crippen MR) is 90.6 cm³/mol. The van der Waals surface area contributed by atoms with Gasteiger partial charge in [0, 0.05) is 18.0 Å². The molecule has 0 bridgehead atoms. The van der Waals surface area contributed by atoms with Crippen LogP contribution in [0.2, 0.25) is 0 Å². The number of hydrogen-bond acceptors (Lipinski definition) is 3. The number of amides is 2. The molecule has 1 fully saturated rings. The van der Waals surface area contributed by atoms with E-state index in [1.165, 1.54) is 36.7 Å². The van der Waals surface area contributed by atoms with Crippen molar-refractivity contribution in [2.45, 2.75) is 44.2 Å². The van der Waals surface area contributed by atoms with Gasteiger partial charge < -0.3 is 10.6 Å². The number of nitrogens with zero attached hydrogens (tertiary/aromatic N) is 3. The first-order chi connectivity index (χ1) is 11.7. The fourth-order valence-electron chi connectivity index (χ4n) is 4.14. The first kappa shape index (κ1) is 15.2. The predicted octanol–water partition coefficient (Wildman–Crippen LogP) is 1.87. The normalized spacial score (nSPS) is 25.3. The van der Waals surface area contributed by atoms with E-state index >= 15 is 0 Å². The minimum absolute atomic E-state index is 0.00655. The molecule has 6 nitrogen and oxygen atoms in total. The number of fused-ring (bicyclic) bond motifs is 2. The monoisotopic (exact) mass is 325 g/mol. The molecule has 0 aliphatic heterocycles. The Balaban J connectivity index is 1.26. The molecule has 1 spiro atoms. The Morgan fingerprint density at radius 3 is 3.17 bits per heavy atom. The first-order valence-corrected chi connectivity index (χ1v) is 8.62. The van der Waals surface area contributed by atoms with Gasteiger partial charge in [-0.25, -0.2) is 9.78 Å². The van der Waals surface area contributed by atoms with Crippen LogP contribution in [0.1, 0.15) is 30.9 Å². The molecule has 4 rings (SSSR count). The Bertz CT molecular complexity index is 729. The first-order valence-electron chi connectivity index (χ1n) is 8.62. The Kier molecular flexibility index (Phi) is 3.75. The molecule has 2 aromatic rings. The van der Waals surface area contributed by atoms with Gasteiger partial charge in [0.1, 0.15) is 12.7 Å². The van der Waals surface area contributed by atoms with E-state index in [2.05, 4.69) is 45.0 Å². The number of aryl methyl sites for hydroxylation is 1. The quantitative estimate of drug-likeness (QED) is 0.881. The lowest BCUT2D eigenvalue weighted by Crippen LogP contribution is -2.43. The van der Waals surface area contributed by atoms with Crippen molar-refractivity contribution in [1.82, 2.24) is 25.4 Å². The molecule has 2 N–H and O–H groups in total. The Hall–Kier alpha value is -2.37. The van der Waals surface area contributed by atoms with E-state index in [4.69, 9.17) is 0 Å². The van der Waals surface area contributed by atoms with Gasteiger partial charge in [-0.2, -0.15) is 5.10 Å². The van der Waals surface area contributed by atoms with Crippen LogP contribution in [0.15, 0.2) is 36.9 Å². The molecule has 2 aliphatic rings. The van der Waals surface area contributed by atoms with Crippen molar-refractivity contribution >= 4 is 6.03 Å². The average Bonchev–Trinajstić information content (AvgIpc) is 2.88. The second kappa shape index (κ2) is 5.92. The average molecular weight is 325 g/mol. The number of hydrogen-bond donors (Lipinski definition) is 2. The number of rotatable bonds is 5. The van der Waals surface area contributed by atoms with Crippen LogP contribution in [0.4, 0.5) is 4.79 Å². The maximum Gasteiger partial charge on any atom is 0.315 e. The molecular formula is C18H23N5O. The van der Waals surface area contributed by atoms with Crippen LogP contribution in [0.5, 0.6) is 0 Å². The summed E-state index contributed by atoms with van der Waals surface area (Å²) in [5.74, 6) is 0.567. The molecule has 0 radical (unpaired) electrons. The number of carbonyl (C=O) groups is 1. The van der Waals surface area contributed by atoms with Gasteiger partial charge in [0.05, 0.1) is 6.54 Å². The highest BCUT2D eigenvalue weighted by molar-refractivity contribution is 5.74. The number of aromatic nitrogens is 3. The highest BCUT2D eigenvalue weighted by atomic mass is 16.2. The van der Waals surface area contributed by atoms with E-state index in [1.54, 1.807) is 11.0 Å². The lowest BCUT2D eigenvalue weighted by atomic mass is 9.95. The minimum Gasteiger partial charge on any atom is -0.338 e. The van der Waals surface area contributed by atoms with Gasteiger partial charge in [-0.3, -0.25) is 4.68 Å². The van der Waals surface area contributed by atoms with Crippen LogP contribution in [-0.4, -0.2) is 33.4 Å². The third-order valence-corrected chi connectivity index (χ3v) is 5.44. The van der Waals surface area contributed by atoms with Crippen molar-refractivity contribution in [2.75, 3.05) is 6.54 Å². The summed E-state index contributed by atoms with van der Waals surface area (Å²) in [5, 5.41) is 10.1. The van der Waals surface area contributed by atoms with E-state index in [1.807, 2.05) is 6.92 Å². The number of nitrogens with one attached hydrogen (secondary N) is 2. The van der Waals surface area contributed by atoms with Crippen molar-refractivity contribution in [1.29, 1.82) is 0 Å². The zero-order valence-electron chi connectivity index (χ0n) is 13.9. The van der Waals surface area contributed by atoms with Gasteiger partial charge in [-0.15, -0.1) is 0 Å². The lowest BCUT2D eigenvalue weighted by Gasteiger charge is -2.15. The second-order valence-corrected chi connectivity index (χ2v) is 7.09. The summed E-state index contributed by atoms with van der Waals surface area (Å²) in [6.07, 6.45) is 6.75. The molecule has 1 aromatic heterocycles. The van der Waals surface area contributed by atoms with Gasteiger partial charge in [-0.05, 0) is 43.2 Å². The maximum atomic E-state index is 12.1. The Morgan fingerprint density at radius 1 is 1.46 bits per heavy atom. The molecule has 2 amide bonds. The minimum atomic E-state index is -0.101. The van der Waals surface area contributed by atoms with E-state index in [9.17, 15) is 4.79 Å². The number of urea groups is 1. The third kappa shape index (κ3) is 2.77. The zero-order valence-corrected chi connectivity index (χ0v) is 13.9. The fourth-order valence-corrected chi connectivity index (χ4v) is 4.14. The van der Waals surface area contributed by atoms with Crippen LogP contribution < -0.4 is 10.6 Å². The van der Waals surface area contributed by atoms with Crippen molar-refractivity contribution in [3.05, 3.63) is 48.0 Å². The molecule has 2 aliphatic carbocycles. The molecular weight excluding hydrogens is 302 g/mol. The summed E-state index contributed by atoms with van der Waals surface area (Å²) in [6.45, 7) is 3.33. The van der Waals surface area contributed by atoms with E-state index in [0.717, 1.165) is 6.54 Å². The van der Waals surface area contributed by atoms with Crippen LogP contribution in [-0.2, 0) is 18.4 Å². The number of carbonyl (C=O) groups excluding carboxylic acids is 1. The SMILES string of the molecule is CC(Cn1cncn1)NC(=O)NCC1CC12CCc1ccccc12. The van der Waals surface area contributed by atoms with E-state index < -0.39 is 0 Å². The van der Waals surface area contributed by atoms with Crippen molar-refractivity contribution in [3.63, 3.8) is 0 Å². The molecule has 0 saturated heterocycles. The summed E-state index contributed by atoms with van der Waals surface area (Å²) in [7, 11) is 0. The smallest absolute Gasteiger partial charge is 0.315 e. The maximum absolute atomic E-state index is 12.1. The highest BCUT2D eigenvalue weighted by Crippen LogP contribution is 2.61. The summed E-state index contributed by atoms with van der Waals surface area (Å²) < 4.78 is 1.72. The van der Waals surface area contributed by atoms with Crippen LogP contribution in [0.25, 0.3) is 0 Å². The van der Waals surface area contributed by atoms with Crippen LogP contribution >= 0.6 is 0 Å². The molecule has 3 unspecified atom stereocenters. The molecule has 1 saturated carbocycles. The second-order valence-electron chi connectivity index (χ2n) is 7.09. The molecule has 24 heavy (non-hydrogen) atoms. The molecule has 6 heteroatoms. The highest BCUT2D eigenvalue weighted by Gasteiger charge is 2.57. The third-order valence-electron chi connectivity index (χ3n) is 5.44. The van der Waals surface area contributed by atoms with Crippen molar-refractivity contribution in [3.8, 4) is 0 Å². The summed E-state index contributed by atoms with van der Waals surface area (Å²) in [4.78, 5) is 16.0. The van der Waals surface area contributed by atoms with Gasteiger partial charge in [-0.1, -0.05) is 24.3 Å². The van der Waals surface area contributed by atoms with Gasteiger partial charge in [0.15, 0.2) is 0 Å². The van der Waals surface area contributed by atoms with Gasteiger partial charge >= 0.3 is 6.03 Å². The van der Waals surface area contributed by atoms with Gasteiger partial charge in [0.2, 0.25) is 0 Å². The van der Waals surface area contributed by atoms with Crippen molar-refractivity contribution < 1.29 is 4.79 Å². The van der Waals surface area contributed by atoms with E-state index in [-0.39, 0.29) is 12.1 Å². The van der Waals surface area contributed by atoms with Crippen LogP contribution in [0.3, 0.4) is 0 Å². The van der Waals surface area contributed by atoms with E-state index in [0.29, 0.717) is 17.9 Å². The summed E-state index contributed by atoms with van der Waals surface area (Å²) >= 11 is 0. The molecule has 1 aromatic carbocycles.